The standard InChI is InChI=1S/C17H19FN2O.ClH/c18-14-6-3-5-13(10-14)17(16(21)11-19)20-9-8-12-4-1-2-7-15(12)20;/h1-7,10,16-17,21H,8-9,11,19H2;1H/t16?,17-;/m0./s1. The number of anilines is 1. The molecule has 0 aromatic heterocycles. The van der Waals surface area contributed by atoms with Gasteiger partial charge in [0.05, 0.1) is 12.1 Å². The summed E-state index contributed by atoms with van der Waals surface area (Å²) in [5.41, 5.74) is 8.77. The maximum Gasteiger partial charge on any atom is 0.123 e. The lowest BCUT2D eigenvalue weighted by atomic mass is 9.99. The zero-order valence-electron chi connectivity index (χ0n) is 12.2. The molecule has 3 nitrogen and oxygen atoms in total. The Morgan fingerprint density at radius 2 is 1.95 bits per heavy atom. The van der Waals surface area contributed by atoms with Gasteiger partial charge in [0.25, 0.3) is 0 Å². The van der Waals surface area contributed by atoms with Crippen LogP contribution in [0.4, 0.5) is 10.1 Å². The monoisotopic (exact) mass is 322 g/mol. The summed E-state index contributed by atoms with van der Waals surface area (Å²) in [6.07, 6.45) is 0.192. The first kappa shape index (κ1) is 16.7. The van der Waals surface area contributed by atoms with Crippen molar-refractivity contribution in [2.75, 3.05) is 18.0 Å². The highest BCUT2D eigenvalue weighted by Crippen LogP contribution is 2.36. The Morgan fingerprint density at radius 1 is 1.18 bits per heavy atom. The van der Waals surface area contributed by atoms with E-state index in [-0.39, 0.29) is 30.8 Å². The van der Waals surface area contributed by atoms with E-state index in [9.17, 15) is 9.50 Å². The van der Waals surface area contributed by atoms with Crippen molar-refractivity contribution >= 4 is 18.1 Å². The van der Waals surface area contributed by atoms with Gasteiger partial charge in [-0.25, -0.2) is 4.39 Å². The van der Waals surface area contributed by atoms with Crippen LogP contribution in [0.15, 0.2) is 48.5 Å². The number of nitrogens with two attached hydrogens (primary N) is 1. The molecule has 0 spiro atoms. The number of hydrogen-bond acceptors (Lipinski definition) is 3. The summed E-state index contributed by atoms with van der Waals surface area (Å²) in [6, 6.07) is 14.2. The fourth-order valence-electron chi connectivity index (χ4n) is 3.08. The van der Waals surface area contributed by atoms with Crippen LogP contribution in [-0.2, 0) is 6.42 Å². The van der Waals surface area contributed by atoms with Crippen LogP contribution < -0.4 is 10.6 Å². The molecule has 0 saturated heterocycles. The number of benzene rings is 2. The molecular weight excluding hydrogens is 303 g/mol. The second kappa shape index (κ2) is 7.09. The van der Waals surface area contributed by atoms with E-state index in [0.29, 0.717) is 0 Å². The summed E-state index contributed by atoms with van der Waals surface area (Å²) in [5.74, 6) is -0.297. The predicted molar refractivity (Wildman–Crippen MR) is 88.9 cm³/mol. The van der Waals surface area contributed by atoms with Gasteiger partial charge in [-0.3, -0.25) is 0 Å². The number of aliphatic hydroxyl groups excluding tert-OH is 1. The van der Waals surface area contributed by atoms with Gasteiger partial charge in [0.2, 0.25) is 0 Å². The van der Waals surface area contributed by atoms with Crippen LogP contribution >= 0.6 is 12.4 Å². The molecule has 1 heterocycles. The molecule has 1 unspecified atom stereocenters. The number of aliphatic hydroxyl groups is 1. The molecule has 0 aliphatic carbocycles. The summed E-state index contributed by atoms with van der Waals surface area (Å²) in [4.78, 5) is 2.13. The molecule has 0 radical (unpaired) electrons. The SMILES string of the molecule is Cl.NCC(O)[C@H](c1cccc(F)c1)N1CCc2ccccc21. The van der Waals surface area contributed by atoms with E-state index in [1.54, 1.807) is 6.07 Å². The first-order valence-electron chi connectivity index (χ1n) is 7.19. The first-order chi connectivity index (χ1) is 10.2. The van der Waals surface area contributed by atoms with Gasteiger partial charge in [0.1, 0.15) is 5.82 Å². The minimum Gasteiger partial charge on any atom is -0.389 e. The number of rotatable bonds is 4. The zero-order valence-corrected chi connectivity index (χ0v) is 13.0. The molecule has 22 heavy (non-hydrogen) atoms. The van der Waals surface area contributed by atoms with Crippen LogP contribution in [0.25, 0.3) is 0 Å². The lowest BCUT2D eigenvalue weighted by molar-refractivity contribution is 0.149. The third-order valence-electron chi connectivity index (χ3n) is 4.06. The lowest BCUT2D eigenvalue weighted by Gasteiger charge is -2.34. The zero-order chi connectivity index (χ0) is 14.8. The van der Waals surface area contributed by atoms with E-state index in [2.05, 4.69) is 11.0 Å². The lowest BCUT2D eigenvalue weighted by Crippen LogP contribution is -2.39. The van der Waals surface area contributed by atoms with E-state index < -0.39 is 6.10 Å². The molecule has 0 bridgehead atoms. The summed E-state index contributed by atoms with van der Waals surface area (Å²) in [7, 11) is 0. The van der Waals surface area contributed by atoms with E-state index in [4.69, 9.17) is 5.73 Å². The molecule has 0 saturated carbocycles. The fraction of sp³-hybridized carbons (Fsp3) is 0.294. The molecule has 0 amide bonds. The Labute approximate surface area is 136 Å². The Morgan fingerprint density at radius 3 is 2.68 bits per heavy atom. The highest BCUT2D eigenvalue weighted by atomic mass is 35.5. The Bertz CT molecular complexity index is 638. The van der Waals surface area contributed by atoms with Crippen molar-refractivity contribution < 1.29 is 9.50 Å². The highest BCUT2D eigenvalue weighted by Gasteiger charge is 2.31. The minimum atomic E-state index is -0.738. The highest BCUT2D eigenvalue weighted by molar-refractivity contribution is 5.85. The maximum atomic E-state index is 13.5. The van der Waals surface area contributed by atoms with Gasteiger partial charge >= 0.3 is 0 Å². The molecule has 5 heteroatoms. The van der Waals surface area contributed by atoms with Crippen molar-refractivity contribution in [2.24, 2.45) is 5.73 Å². The largest absolute Gasteiger partial charge is 0.389 e. The van der Waals surface area contributed by atoms with Gasteiger partial charge in [-0.1, -0.05) is 30.3 Å². The minimum absolute atomic E-state index is 0. The van der Waals surface area contributed by atoms with E-state index >= 15 is 0 Å². The Kier molecular flexibility index (Phi) is 5.40. The molecular formula is C17H20ClFN2O. The third-order valence-corrected chi connectivity index (χ3v) is 4.06. The number of para-hydroxylation sites is 1. The van der Waals surface area contributed by atoms with Crippen LogP contribution in [0.5, 0.6) is 0 Å². The Hall–Kier alpha value is -1.62. The molecule has 3 N–H and O–H groups in total. The summed E-state index contributed by atoms with van der Waals surface area (Å²) < 4.78 is 13.5. The molecule has 2 atom stereocenters. The van der Waals surface area contributed by atoms with Crippen molar-refractivity contribution in [1.82, 2.24) is 0 Å². The first-order valence-corrected chi connectivity index (χ1v) is 7.19. The van der Waals surface area contributed by atoms with Crippen LogP contribution in [0.2, 0.25) is 0 Å². The molecule has 1 aliphatic rings. The smallest absolute Gasteiger partial charge is 0.123 e. The molecule has 3 rings (SSSR count). The average molecular weight is 323 g/mol. The average Bonchev–Trinajstić information content (AvgIpc) is 2.91. The van der Waals surface area contributed by atoms with Gasteiger partial charge in [-0.2, -0.15) is 0 Å². The van der Waals surface area contributed by atoms with Crippen molar-refractivity contribution in [2.45, 2.75) is 18.6 Å². The van der Waals surface area contributed by atoms with Crippen LogP contribution in [0, 0.1) is 5.82 Å². The van der Waals surface area contributed by atoms with Crippen LogP contribution in [0.3, 0.4) is 0 Å². The van der Waals surface area contributed by atoms with Gasteiger partial charge in [-0.15, -0.1) is 12.4 Å². The number of nitrogens with zero attached hydrogens (tertiary/aromatic N) is 1. The number of hydrogen-bond donors (Lipinski definition) is 2. The van der Waals surface area contributed by atoms with E-state index in [1.807, 2.05) is 24.3 Å². The quantitative estimate of drug-likeness (QED) is 0.910. The predicted octanol–water partition coefficient (Wildman–Crippen LogP) is 2.67. The molecule has 1 aliphatic heterocycles. The molecule has 0 fully saturated rings. The van der Waals surface area contributed by atoms with Crippen molar-refractivity contribution in [3.05, 3.63) is 65.5 Å². The normalized spacial score (nSPS) is 15.9. The second-order valence-electron chi connectivity index (χ2n) is 5.37. The van der Waals surface area contributed by atoms with Crippen molar-refractivity contribution in [3.63, 3.8) is 0 Å². The third kappa shape index (κ3) is 3.09. The van der Waals surface area contributed by atoms with E-state index in [0.717, 1.165) is 24.2 Å². The summed E-state index contributed by atoms with van der Waals surface area (Å²) in [6.45, 7) is 0.942. The van der Waals surface area contributed by atoms with E-state index in [1.165, 1.54) is 17.7 Å². The molecule has 118 valence electrons. The van der Waals surface area contributed by atoms with Gasteiger partial charge in [0, 0.05) is 18.8 Å². The maximum absolute atomic E-state index is 13.5. The summed E-state index contributed by atoms with van der Waals surface area (Å²) in [5, 5.41) is 10.4. The molecule has 2 aromatic carbocycles. The number of halogens is 2. The molecule has 2 aromatic rings. The Balaban J connectivity index is 0.00000176. The summed E-state index contributed by atoms with van der Waals surface area (Å²) >= 11 is 0. The van der Waals surface area contributed by atoms with Gasteiger partial charge in [0.15, 0.2) is 0 Å². The van der Waals surface area contributed by atoms with Gasteiger partial charge in [-0.05, 0) is 35.7 Å². The van der Waals surface area contributed by atoms with Crippen molar-refractivity contribution in [1.29, 1.82) is 0 Å². The van der Waals surface area contributed by atoms with Crippen LogP contribution in [0.1, 0.15) is 17.2 Å². The topological polar surface area (TPSA) is 49.5 Å². The van der Waals surface area contributed by atoms with Crippen molar-refractivity contribution in [3.8, 4) is 0 Å². The number of fused-ring (bicyclic) bond motifs is 1. The van der Waals surface area contributed by atoms with Crippen LogP contribution in [-0.4, -0.2) is 24.3 Å². The van der Waals surface area contributed by atoms with Gasteiger partial charge < -0.3 is 15.7 Å². The fourth-order valence-corrected chi connectivity index (χ4v) is 3.08. The second-order valence-corrected chi connectivity index (χ2v) is 5.37.